The molecule has 0 aromatic heterocycles. The smallest absolute Gasteiger partial charge is 0.308 e. The molecule has 19 heavy (non-hydrogen) atoms. The molecule has 0 aliphatic rings. The van der Waals surface area contributed by atoms with Gasteiger partial charge in [0.1, 0.15) is 0 Å². The van der Waals surface area contributed by atoms with Crippen molar-refractivity contribution < 1.29 is 28.6 Å². The van der Waals surface area contributed by atoms with Crippen molar-refractivity contribution in [2.75, 3.05) is 14.2 Å². The first kappa shape index (κ1) is 14.7. The van der Waals surface area contributed by atoms with Gasteiger partial charge in [0.15, 0.2) is 17.3 Å². The van der Waals surface area contributed by atoms with Gasteiger partial charge in [0, 0.05) is 19.4 Å². The Balaban J connectivity index is 3.39. The molecule has 0 radical (unpaired) electrons. The largest absolute Gasteiger partial charge is 0.493 e. The molecule has 1 rings (SSSR count). The van der Waals surface area contributed by atoms with Gasteiger partial charge in [0.25, 0.3) is 0 Å². The van der Waals surface area contributed by atoms with E-state index in [0.29, 0.717) is 0 Å². The van der Waals surface area contributed by atoms with Crippen LogP contribution in [0.25, 0.3) is 0 Å². The summed E-state index contributed by atoms with van der Waals surface area (Å²) in [6.07, 6.45) is 0. The van der Waals surface area contributed by atoms with Crippen molar-refractivity contribution in [3.05, 3.63) is 17.7 Å². The highest BCUT2D eigenvalue weighted by Crippen LogP contribution is 2.38. The van der Waals surface area contributed by atoms with E-state index in [1.165, 1.54) is 40.2 Å². The maximum Gasteiger partial charge on any atom is 0.308 e. The molecule has 0 saturated carbocycles. The van der Waals surface area contributed by atoms with Gasteiger partial charge in [-0.2, -0.15) is 0 Å². The van der Waals surface area contributed by atoms with Crippen molar-refractivity contribution in [2.24, 2.45) is 0 Å². The third kappa shape index (κ3) is 3.31. The van der Waals surface area contributed by atoms with E-state index < -0.39 is 17.5 Å². The number of hydrogen-bond acceptors (Lipinski definition) is 6. The maximum atomic E-state index is 11.6. The van der Waals surface area contributed by atoms with E-state index in [4.69, 9.17) is 14.2 Å². The Hall–Kier alpha value is -2.37. The molecule has 0 atom stereocenters. The van der Waals surface area contributed by atoms with Crippen LogP contribution in [0.1, 0.15) is 24.2 Å². The van der Waals surface area contributed by atoms with Gasteiger partial charge in [-0.05, 0) is 12.1 Å². The molecule has 0 aliphatic carbocycles. The summed E-state index contributed by atoms with van der Waals surface area (Å²) in [4.78, 5) is 33.8. The number of Topliss-reactive ketones (excluding diaryl/α,β-unsaturated/α-hetero) is 2. The molecular weight excluding hydrogens is 252 g/mol. The summed E-state index contributed by atoms with van der Waals surface area (Å²) in [5.41, 5.74) is 0.108. The molecule has 6 nitrogen and oxygen atoms in total. The number of rotatable bonds is 5. The summed E-state index contributed by atoms with van der Waals surface area (Å²) < 4.78 is 15.0. The van der Waals surface area contributed by atoms with E-state index in [0.717, 1.165) is 0 Å². The fourth-order valence-corrected chi connectivity index (χ4v) is 1.46. The molecule has 1 aromatic rings. The number of benzene rings is 1. The van der Waals surface area contributed by atoms with Crippen molar-refractivity contribution in [1.82, 2.24) is 0 Å². The van der Waals surface area contributed by atoms with Crippen molar-refractivity contribution in [2.45, 2.75) is 13.8 Å². The summed E-state index contributed by atoms with van der Waals surface area (Å²) in [5.74, 6) is -1.49. The van der Waals surface area contributed by atoms with E-state index >= 15 is 0 Å². The second kappa shape index (κ2) is 5.99. The molecule has 102 valence electrons. The third-order valence-electron chi connectivity index (χ3n) is 2.29. The highest BCUT2D eigenvalue weighted by molar-refractivity contribution is 6.43. The highest BCUT2D eigenvalue weighted by atomic mass is 16.6. The number of carbonyl (C=O) groups excluding carboxylic acids is 3. The maximum absolute atomic E-state index is 11.6. The van der Waals surface area contributed by atoms with Crippen LogP contribution >= 0.6 is 0 Å². The van der Waals surface area contributed by atoms with E-state index in [1.807, 2.05) is 0 Å². The molecule has 0 heterocycles. The molecule has 6 heteroatoms. The van der Waals surface area contributed by atoms with Gasteiger partial charge in [-0.1, -0.05) is 0 Å². The molecule has 0 aliphatic heterocycles. The van der Waals surface area contributed by atoms with Crippen LogP contribution in [0.2, 0.25) is 0 Å². The van der Waals surface area contributed by atoms with Crippen LogP contribution in [0.3, 0.4) is 0 Å². The third-order valence-corrected chi connectivity index (χ3v) is 2.29. The van der Waals surface area contributed by atoms with Crippen LogP contribution in [0, 0.1) is 0 Å². The molecule has 0 bridgehead atoms. The Bertz CT molecular complexity index is 507. The number of hydrogen-bond donors (Lipinski definition) is 0. The van der Waals surface area contributed by atoms with Gasteiger partial charge in [0.2, 0.25) is 11.5 Å². The first-order valence-electron chi connectivity index (χ1n) is 5.40. The standard InChI is InChI=1S/C13H14O6/c1-7(14)12(16)9-5-10(17-3)13(19-8(2)15)11(6-9)18-4/h5-6H,1-4H3. The van der Waals surface area contributed by atoms with E-state index in [-0.39, 0.29) is 22.8 Å². The van der Waals surface area contributed by atoms with Gasteiger partial charge in [0.05, 0.1) is 14.2 Å². The second-order valence-electron chi connectivity index (χ2n) is 3.69. The summed E-state index contributed by atoms with van der Waals surface area (Å²) in [7, 11) is 2.70. The lowest BCUT2D eigenvalue weighted by Gasteiger charge is -2.13. The number of esters is 1. The van der Waals surface area contributed by atoms with Crippen LogP contribution < -0.4 is 14.2 Å². The average molecular weight is 266 g/mol. The number of ketones is 2. The predicted molar refractivity (Wildman–Crippen MR) is 65.9 cm³/mol. The van der Waals surface area contributed by atoms with E-state index in [2.05, 4.69) is 0 Å². The molecule has 0 unspecified atom stereocenters. The lowest BCUT2D eigenvalue weighted by molar-refractivity contribution is -0.132. The average Bonchev–Trinajstić information content (AvgIpc) is 2.37. The van der Waals surface area contributed by atoms with Crippen molar-refractivity contribution in [1.29, 1.82) is 0 Å². The number of carbonyl (C=O) groups is 3. The highest BCUT2D eigenvalue weighted by Gasteiger charge is 2.20. The van der Waals surface area contributed by atoms with Crippen LogP contribution in [-0.4, -0.2) is 31.8 Å². The molecule has 1 aromatic carbocycles. The first-order valence-corrected chi connectivity index (χ1v) is 5.40. The van der Waals surface area contributed by atoms with Gasteiger partial charge < -0.3 is 14.2 Å². The Morgan fingerprint density at radius 1 is 0.947 bits per heavy atom. The van der Waals surface area contributed by atoms with Crippen LogP contribution in [-0.2, 0) is 9.59 Å². The van der Waals surface area contributed by atoms with Gasteiger partial charge >= 0.3 is 5.97 Å². The summed E-state index contributed by atoms with van der Waals surface area (Å²) in [6.45, 7) is 2.40. The lowest BCUT2D eigenvalue weighted by atomic mass is 10.1. The molecular formula is C13H14O6. The normalized spacial score (nSPS) is 9.68. The van der Waals surface area contributed by atoms with Crippen LogP contribution in [0.4, 0.5) is 0 Å². The van der Waals surface area contributed by atoms with Crippen molar-refractivity contribution >= 4 is 17.5 Å². The van der Waals surface area contributed by atoms with Crippen LogP contribution in [0.5, 0.6) is 17.2 Å². The van der Waals surface area contributed by atoms with Gasteiger partial charge in [-0.25, -0.2) is 0 Å². The summed E-state index contributed by atoms with van der Waals surface area (Å²) >= 11 is 0. The molecule has 0 N–H and O–H groups in total. The van der Waals surface area contributed by atoms with E-state index in [1.54, 1.807) is 0 Å². The van der Waals surface area contributed by atoms with Crippen molar-refractivity contribution in [3.8, 4) is 17.2 Å². The second-order valence-corrected chi connectivity index (χ2v) is 3.69. The molecule has 0 fully saturated rings. The Labute approximate surface area is 110 Å². The number of ether oxygens (including phenoxy) is 3. The minimum Gasteiger partial charge on any atom is -0.493 e. The first-order chi connectivity index (χ1) is 8.90. The minimum absolute atomic E-state index is 0.0672. The summed E-state index contributed by atoms with van der Waals surface area (Å²) in [6, 6.07) is 2.65. The Kier molecular flexibility index (Phi) is 4.63. The fourth-order valence-electron chi connectivity index (χ4n) is 1.46. The predicted octanol–water partition coefficient (Wildman–Crippen LogP) is 1.40. The monoisotopic (exact) mass is 266 g/mol. The molecule has 0 amide bonds. The van der Waals surface area contributed by atoms with Gasteiger partial charge in [-0.3, -0.25) is 14.4 Å². The lowest BCUT2D eigenvalue weighted by Crippen LogP contribution is -2.11. The van der Waals surface area contributed by atoms with Gasteiger partial charge in [-0.15, -0.1) is 0 Å². The zero-order valence-corrected chi connectivity index (χ0v) is 11.1. The zero-order valence-electron chi connectivity index (χ0n) is 11.1. The Morgan fingerprint density at radius 2 is 1.42 bits per heavy atom. The van der Waals surface area contributed by atoms with Crippen molar-refractivity contribution in [3.63, 3.8) is 0 Å². The fraction of sp³-hybridized carbons (Fsp3) is 0.308. The zero-order chi connectivity index (χ0) is 14.6. The minimum atomic E-state index is -0.675. The van der Waals surface area contributed by atoms with Crippen LogP contribution in [0.15, 0.2) is 12.1 Å². The quantitative estimate of drug-likeness (QED) is 0.347. The Morgan fingerprint density at radius 3 is 1.74 bits per heavy atom. The van der Waals surface area contributed by atoms with E-state index in [9.17, 15) is 14.4 Å². The topological polar surface area (TPSA) is 78.9 Å². The molecule has 0 saturated heterocycles. The summed E-state index contributed by atoms with van der Waals surface area (Å²) in [5, 5.41) is 0. The SMILES string of the molecule is COc1cc(C(=O)C(C)=O)cc(OC)c1OC(C)=O. The number of methoxy groups -OCH3 is 2. The molecule has 0 spiro atoms.